The third kappa shape index (κ3) is 3.38. The minimum absolute atomic E-state index is 0.0269. The minimum atomic E-state index is -0.108. The van der Waals surface area contributed by atoms with E-state index < -0.39 is 0 Å². The number of carbonyl (C=O) groups excluding carboxylic acids is 1. The van der Waals surface area contributed by atoms with Gasteiger partial charge in [-0.05, 0) is 12.5 Å². The molecule has 0 bridgehead atoms. The molecule has 5 heteroatoms. The third-order valence-electron chi connectivity index (χ3n) is 5.31. The average molecular weight is 362 g/mol. The maximum absolute atomic E-state index is 13.2. The van der Waals surface area contributed by atoms with Crippen LogP contribution in [-0.2, 0) is 0 Å². The summed E-state index contributed by atoms with van der Waals surface area (Å²) in [4.78, 5) is 14.9. The van der Waals surface area contributed by atoms with E-state index >= 15 is 0 Å². The number of aromatic nitrogens is 1. The molecule has 3 aromatic rings. The molecule has 1 aliphatic rings. The molecule has 1 N–H and O–H groups in total. The number of aliphatic hydroxyl groups excluding tert-OH is 1. The number of benzene rings is 2. The monoisotopic (exact) mass is 362 g/mol. The number of rotatable bonds is 4. The van der Waals surface area contributed by atoms with Crippen molar-refractivity contribution in [2.24, 2.45) is 5.92 Å². The van der Waals surface area contributed by atoms with Crippen molar-refractivity contribution in [3.05, 3.63) is 77.5 Å². The average Bonchev–Trinajstić information content (AvgIpc) is 3.36. The van der Waals surface area contributed by atoms with E-state index in [1.807, 2.05) is 49.4 Å². The highest BCUT2D eigenvalue weighted by atomic mass is 16.5. The van der Waals surface area contributed by atoms with Crippen LogP contribution in [0.15, 0.2) is 65.3 Å². The van der Waals surface area contributed by atoms with E-state index in [9.17, 15) is 9.90 Å². The van der Waals surface area contributed by atoms with Gasteiger partial charge < -0.3 is 14.5 Å². The van der Waals surface area contributed by atoms with E-state index in [1.54, 1.807) is 4.90 Å². The van der Waals surface area contributed by atoms with Crippen LogP contribution in [-0.4, -0.2) is 40.8 Å². The van der Waals surface area contributed by atoms with Gasteiger partial charge in [0.15, 0.2) is 5.76 Å². The summed E-state index contributed by atoms with van der Waals surface area (Å²) in [6, 6.07) is 17.9. The zero-order valence-corrected chi connectivity index (χ0v) is 15.2. The van der Waals surface area contributed by atoms with Gasteiger partial charge >= 0.3 is 0 Å². The maximum atomic E-state index is 13.2. The summed E-state index contributed by atoms with van der Waals surface area (Å²) in [7, 11) is 0. The van der Waals surface area contributed by atoms with Crippen molar-refractivity contribution < 1.29 is 14.4 Å². The van der Waals surface area contributed by atoms with Gasteiger partial charge in [0.2, 0.25) is 0 Å². The first kappa shape index (κ1) is 17.5. The maximum Gasteiger partial charge on any atom is 0.259 e. The van der Waals surface area contributed by atoms with Crippen LogP contribution in [0.3, 0.4) is 0 Å². The van der Waals surface area contributed by atoms with Gasteiger partial charge in [-0.2, -0.15) is 0 Å². The highest BCUT2D eigenvalue weighted by Gasteiger charge is 2.37. The Morgan fingerprint density at radius 1 is 1.15 bits per heavy atom. The number of amides is 1. The van der Waals surface area contributed by atoms with E-state index in [-0.39, 0.29) is 24.3 Å². The molecule has 27 heavy (non-hydrogen) atoms. The van der Waals surface area contributed by atoms with E-state index in [1.165, 1.54) is 6.20 Å². The van der Waals surface area contributed by atoms with Gasteiger partial charge in [-0.25, -0.2) is 0 Å². The van der Waals surface area contributed by atoms with Crippen molar-refractivity contribution in [3.63, 3.8) is 0 Å². The van der Waals surface area contributed by atoms with Gasteiger partial charge in [-0.1, -0.05) is 65.3 Å². The largest absolute Gasteiger partial charge is 0.396 e. The molecule has 138 valence electrons. The number of carbonyl (C=O) groups is 1. The van der Waals surface area contributed by atoms with Crippen molar-refractivity contribution in [2.45, 2.75) is 12.8 Å². The van der Waals surface area contributed by atoms with E-state index in [4.69, 9.17) is 4.52 Å². The first-order chi connectivity index (χ1) is 13.2. The van der Waals surface area contributed by atoms with Crippen molar-refractivity contribution in [1.29, 1.82) is 0 Å². The Balaban J connectivity index is 1.59. The van der Waals surface area contributed by atoms with Crippen molar-refractivity contribution in [1.82, 2.24) is 10.1 Å². The molecule has 0 spiro atoms. The molecule has 4 rings (SSSR count). The van der Waals surface area contributed by atoms with Crippen LogP contribution >= 0.6 is 0 Å². The second kappa shape index (κ2) is 7.37. The zero-order chi connectivity index (χ0) is 18.8. The molecule has 5 nitrogen and oxygen atoms in total. The molecule has 2 aromatic carbocycles. The smallest absolute Gasteiger partial charge is 0.259 e. The lowest BCUT2D eigenvalue weighted by Gasteiger charge is -2.16. The zero-order valence-electron chi connectivity index (χ0n) is 15.2. The quantitative estimate of drug-likeness (QED) is 0.771. The second-order valence-electron chi connectivity index (χ2n) is 7.10. The fourth-order valence-corrected chi connectivity index (χ4v) is 3.78. The predicted octanol–water partition coefficient (Wildman–Crippen LogP) is 3.50. The molecule has 1 saturated heterocycles. The van der Waals surface area contributed by atoms with Crippen molar-refractivity contribution in [3.8, 4) is 11.3 Å². The van der Waals surface area contributed by atoms with Gasteiger partial charge in [0, 0.05) is 37.1 Å². The van der Waals surface area contributed by atoms with Gasteiger partial charge in [-0.3, -0.25) is 4.79 Å². The fourth-order valence-electron chi connectivity index (χ4n) is 3.78. The summed E-state index contributed by atoms with van der Waals surface area (Å²) in [6.07, 6.45) is 1.49. The summed E-state index contributed by atoms with van der Waals surface area (Å²) >= 11 is 0. The molecule has 2 atom stereocenters. The Hall–Kier alpha value is -2.92. The highest BCUT2D eigenvalue weighted by Crippen LogP contribution is 2.34. The highest BCUT2D eigenvalue weighted by molar-refractivity contribution is 5.99. The molecule has 0 radical (unpaired) electrons. The lowest BCUT2D eigenvalue weighted by Crippen LogP contribution is -2.29. The normalized spacial score (nSPS) is 19.4. The lowest BCUT2D eigenvalue weighted by atomic mass is 9.90. The van der Waals surface area contributed by atoms with Gasteiger partial charge in [-0.15, -0.1) is 0 Å². The van der Waals surface area contributed by atoms with Crippen LogP contribution in [0, 0.1) is 12.8 Å². The number of aliphatic hydroxyl groups is 1. The second-order valence-corrected chi connectivity index (χ2v) is 7.10. The number of hydrogen-bond acceptors (Lipinski definition) is 4. The number of likely N-dealkylation sites (tertiary alicyclic amines) is 1. The molecule has 1 aromatic heterocycles. The first-order valence-corrected chi connectivity index (χ1v) is 9.14. The van der Waals surface area contributed by atoms with Gasteiger partial charge in [0.05, 0.1) is 6.20 Å². The summed E-state index contributed by atoms with van der Waals surface area (Å²) in [5.41, 5.74) is 3.58. The lowest BCUT2D eigenvalue weighted by molar-refractivity contribution is 0.0781. The van der Waals surface area contributed by atoms with E-state index in [2.05, 4.69) is 17.3 Å². The van der Waals surface area contributed by atoms with Crippen molar-refractivity contribution in [2.75, 3.05) is 19.7 Å². The molecule has 1 aliphatic heterocycles. The van der Waals surface area contributed by atoms with Crippen LogP contribution in [0.25, 0.3) is 11.3 Å². The van der Waals surface area contributed by atoms with Gasteiger partial charge in [0.25, 0.3) is 5.91 Å². The standard InChI is InChI=1S/C22H22N2O3/c1-15-7-9-17(10-8-15)21-19(11-23-27-21)22(26)24-12-18(14-25)20(13-24)16-5-3-2-4-6-16/h2-11,18,20,25H,12-14H2,1H3/t18?,20-/m0/s1. The number of nitrogens with zero attached hydrogens (tertiary/aromatic N) is 2. The molecule has 1 unspecified atom stereocenters. The topological polar surface area (TPSA) is 66.6 Å². The number of hydrogen-bond donors (Lipinski definition) is 1. The van der Waals surface area contributed by atoms with Crippen LogP contribution in [0.4, 0.5) is 0 Å². The van der Waals surface area contributed by atoms with Crippen molar-refractivity contribution >= 4 is 5.91 Å². The SMILES string of the molecule is Cc1ccc(-c2oncc2C(=O)N2CC(CO)[C@H](c3ccccc3)C2)cc1. The van der Waals surface area contributed by atoms with Crippen LogP contribution in [0.5, 0.6) is 0 Å². The Morgan fingerprint density at radius 3 is 2.59 bits per heavy atom. The molecule has 1 fully saturated rings. The summed E-state index contributed by atoms with van der Waals surface area (Å²) in [6.45, 7) is 3.16. The number of aryl methyl sites for hydroxylation is 1. The molecule has 2 heterocycles. The Kier molecular flexibility index (Phi) is 4.77. The van der Waals surface area contributed by atoms with E-state index in [0.29, 0.717) is 24.4 Å². The fraction of sp³-hybridized carbons (Fsp3) is 0.273. The van der Waals surface area contributed by atoms with Gasteiger partial charge in [0.1, 0.15) is 5.56 Å². The summed E-state index contributed by atoms with van der Waals surface area (Å²) < 4.78 is 5.39. The Labute approximate surface area is 158 Å². The molecular weight excluding hydrogens is 340 g/mol. The van der Waals surface area contributed by atoms with Crippen LogP contribution in [0.2, 0.25) is 0 Å². The molecular formula is C22H22N2O3. The first-order valence-electron chi connectivity index (χ1n) is 9.14. The molecule has 0 saturated carbocycles. The Morgan fingerprint density at radius 2 is 1.89 bits per heavy atom. The minimum Gasteiger partial charge on any atom is -0.396 e. The van der Waals surface area contributed by atoms with Crippen LogP contribution in [0.1, 0.15) is 27.4 Å². The Bertz CT molecular complexity index is 918. The molecule has 0 aliphatic carbocycles. The molecule has 1 amide bonds. The van der Waals surface area contributed by atoms with Crippen LogP contribution < -0.4 is 0 Å². The predicted molar refractivity (Wildman–Crippen MR) is 102 cm³/mol. The summed E-state index contributed by atoms with van der Waals surface area (Å²) in [5, 5.41) is 13.7. The summed E-state index contributed by atoms with van der Waals surface area (Å²) in [5.74, 6) is 0.536. The van der Waals surface area contributed by atoms with E-state index in [0.717, 1.165) is 16.7 Å². The third-order valence-corrected chi connectivity index (χ3v) is 5.31.